The van der Waals surface area contributed by atoms with Crippen LogP contribution in [0.1, 0.15) is 6.92 Å². The fraction of sp³-hybridized carbons (Fsp3) is 0.154. The highest BCUT2D eigenvalue weighted by atomic mass is 32.2. The Kier molecular flexibility index (Phi) is 4.59. The second kappa shape index (κ2) is 6.40. The van der Waals surface area contributed by atoms with Gasteiger partial charge in [-0.3, -0.25) is 9.59 Å². The van der Waals surface area contributed by atoms with Crippen molar-refractivity contribution in [3.63, 3.8) is 0 Å². The number of hydrogen-bond acceptors (Lipinski definition) is 5. The first-order chi connectivity index (χ1) is 9.94. The quantitative estimate of drug-likeness (QED) is 0.588. The number of aromatic amines is 1. The van der Waals surface area contributed by atoms with Crippen molar-refractivity contribution in [3.8, 4) is 0 Å². The molecule has 0 unspecified atom stereocenters. The van der Waals surface area contributed by atoms with Crippen LogP contribution in [0.25, 0.3) is 0 Å². The summed E-state index contributed by atoms with van der Waals surface area (Å²) in [5, 5.41) is 2.39. The van der Waals surface area contributed by atoms with Crippen LogP contribution in [0.5, 0.6) is 0 Å². The Morgan fingerprint density at radius 1 is 1.43 bits per heavy atom. The van der Waals surface area contributed by atoms with Crippen LogP contribution in [-0.4, -0.2) is 21.1 Å². The molecule has 0 aliphatic carbocycles. The number of nitrogens with zero attached hydrogens (tertiary/aromatic N) is 1. The van der Waals surface area contributed by atoms with Crippen molar-refractivity contribution >= 4 is 29.2 Å². The van der Waals surface area contributed by atoms with Gasteiger partial charge < -0.3 is 16.0 Å². The number of carbonyl (C=O) groups is 1. The summed E-state index contributed by atoms with van der Waals surface area (Å²) >= 11 is 1.07. The average Bonchev–Trinajstić information content (AvgIpc) is 2.40. The fourth-order valence-corrected chi connectivity index (χ4v) is 2.33. The van der Waals surface area contributed by atoms with Gasteiger partial charge in [0.05, 0.1) is 5.25 Å². The van der Waals surface area contributed by atoms with E-state index in [1.54, 1.807) is 6.92 Å². The normalized spacial score (nSPS) is 11.9. The third kappa shape index (κ3) is 4.32. The maximum Gasteiger partial charge on any atom is 0.253 e. The van der Waals surface area contributed by atoms with Crippen LogP contribution in [0.15, 0.2) is 40.3 Å². The number of amides is 1. The van der Waals surface area contributed by atoms with Crippen molar-refractivity contribution in [1.29, 1.82) is 0 Å². The molecule has 0 bridgehead atoms. The fourth-order valence-electron chi connectivity index (χ4n) is 1.51. The largest absolute Gasteiger partial charge is 0.383 e. The number of carbonyl (C=O) groups excluding carboxylic acids is 1. The number of rotatable bonds is 4. The van der Waals surface area contributed by atoms with E-state index in [4.69, 9.17) is 5.73 Å². The number of benzene rings is 1. The number of halogens is 1. The van der Waals surface area contributed by atoms with Crippen molar-refractivity contribution in [1.82, 2.24) is 9.97 Å². The average molecular weight is 308 g/mol. The Morgan fingerprint density at radius 2 is 2.10 bits per heavy atom. The maximum absolute atomic E-state index is 12.8. The highest BCUT2D eigenvalue weighted by molar-refractivity contribution is 8.00. The van der Waals surface area contributed by atoms with Gasteiger partial charge in [-0.25, -0.2) is 9.37 Å². The minimum absolute atomic E-state index is 0.0902. The van der Waals surface area contributed by atoms with E-state index >= 15 is 0 Å². The molecule has 1 aromatic heterocycles. The molecule has 0 aliphatic rings. The molecule has 1 aromatic carbocycles. The van der Waals surface area contributed by atoms with E-state index in [2.05, 4.69) is 15.3 Å². The Bertz CT molecular complexity index is 702. The van der Waals surface area contributed by atoms with Gasteiger partial charge in [-0.15, -0.1) is 0 Å². The molecule has 0 saturated carbocycles. The molecule has 0 saturated heterocycles. The molecule has 6 nitrogen and oxygen atoms in total. The number of hydrogen-bond donors (Lipinski definition) is 3. The summed E-state index contributed by atoms with van der Waals surface area (Å²) in [7, 11) is 0. The number of nitrogen functional groups attached to an aromatic ring is 1. The number of nitrogens with one attached hydrogen (secondary N) is 2. The molecule has 2 rings (SSSR count). The van der Waals surface area contributed by atoms with E-state index in [1.807, 2.05) is 0 Å². The number of H-pyrrole nitrogens is 1. The van der Waals surface area contributed by atoms with Gasteiger partial charge in [-0.2, -0.15) is 0 Å². The molecular weight excluding hydrogens is 295 g/mol. The van der Waals surface area contributed by atoms with Crippen molar-refractivity contribution in [2.45, 2.75) is 17.3 Å². The van der Waals surface area contributed by atoms with Crippen molar-refractivity contribution in [2.24, 2.45) is 0 Å². The van der Waals surface area contributed by atoms with Gasteiger partial charge in [0.25, 0.3) is 5.56 Å². The van der Waals surface area contributed by atoms with Crippen LogP contribution in [-0.2, 0) is 4.79 Å². The lowest BCUT2D eigenvalue weighted by Gasteiger charge is -2.11. The highest BCUT2D eigenvalue weighted by Gasteiger charge is 2.16. The van der Waals surface area contributed by atoms with Crippen LogP contribution in [0.4, 0.5) is 15.9 Å². The zero-order valence-electron chi connectivity index (χ0n) is 11.1. The minimum Gasteiger partial charge on any atom is -0.383 e. The highest BCUT2D eigenvalue weighted by Crippen LogP contribution is 2.20. The lowest BCUT2D eigenvalue weighted by atomic mass is 10.3. The molecule has 1 heterocycles. The van der Waals surface area contributed by atoms with Crippen molar-refractivity contribution in [2.75, 3.05) is 11.1 Å². The van der Waals surface area contributed by atoms with Crippen molar-refractivity contribution in [3.05, 3.63) is 46.5 Å². The first-order valence-corrected chi connectivity index (χ1v) is 6.92. The first kappa shape index (κ1) is 15.0. The Morgan fingerprint density at radius 3 is 2.71 bits per heavy atom. The molecule has 21 heavy (non-hydrogen) atoms. The molecule has 110 valence electrons. The molecule has 2 aromatic rings. The molecule has 1 amide bonds. The van der Waals surface area contributed by atoms with Crippen LogP contribution < -0.4 is 16.6 Å². The summed E-state index contributed by atoms with van der Waals surface area (Å²) in [6.07, 6.45) is 0. The zero-order chi connectivity index (χ0) is 15.4. The predicted octanol–water partition coefficient (Wildman–Crippen LogP) is 1.61. The Hall–Kier alpha value is -2.35. The van der Waals surface area contributed by atoms with Gasteiger partial charge in [-0.1, -0.05) is 11.8 Å². The monoisotopic (exact) mass is 308 g/mol. The zero-order valence-corrected chi connectivity index (χ0v) is 11.9. The lowest BCUT2D eigenvalue weighted by molar-refractivity contribution is -0.115. The van der Waals surface area contributed by atoms with E-state index in [0.717, 1.165) is 17.8 Å². The van der Waals surface area contributed by atoms with E-state index in [1.165, 1.54) is 24.3 Å². The SMILES string of the molecule is C[C@@H](Sc1nc(N)cc(=O)[nH]1)C(=O)Nc1ccc(F)cc1. The van der Waals surface area contributed by atoms with Crippen molar-refractivity contribution < 1.29 is 9.18 Å². The Labute approximate surface area is 124 Å². The third-order valence-corrected chi connectivity index (χ3v) is 3.49. The predicted molar refractivity (Wildman–Crippen MR) is 79.6 cm³/mol. The van der Waals surface area contributed by atoms with E-state index in [-0.39, 0.29) is 28.3 Å². The standard InChI is InChI=1S/C13H13FN4O2S/c1-7(21-13-17-10(15)6-11(19)18-13)12(20)16-9-4-2-8(14)3-5-9/h2-7H,1H3,(H,16,20)(H3,15,17,18,19)/t7-/m1/s1. The topological polar surface area (TPSA) is 101 Å². The molecule has 1 atom stereocenters. The molecule has 0 radical (unpaired) electrons. The van der Waals surface area contributed by atoms with Crippen LogP contribution >= 0.6 is 11.8 Å². The third-order valence-electron chi connectivity index (χ3n) is 2.51. The van der Waals surface area contributed by atoms with Gasteiger partial charge in [0.1, 0.15) is 11.6 Å². The molecule has 8 heteroatoms. The molecular formula is C13H13FN4O2S. The van der Waals surface area contributed by atoms with Gasteiger partial charge in [0.2, 0.25) is 5.91 Å². The smallest absolute Gasteiger partial charge is 0.253 e. The van der Waals surface area contributed by atoms with Crippen LogP contribution in [0, 0.1) is 5.82 Å². The van der Waals surface area contributed by atoms with Crippen LogP contribution in [0.3, 0.4) is 0 Å². The Balaban J connectivity index is 2.02. The number of aromatic nitrogens is 2. The van der Waals surface area contributed by atoms with Crippen LogP contribution in [0.2, 0.25) is 0 Å². The first-order valence-electron chi connectivity index (χ1n) is 6.04. The van der Waals surface area contributed by atoms with E-state index in [0.29, 0.717) is 5.69 Å². The lowest BCUT2D eigenvalue weighted by Crippen LogP contribution is -2.23. The minimum atomic E-state index is -0.514. The van der Waals surface area contributed by atoms with Gasteiger partial charge in [0, 0.05) is 11.8 Å². The summed E-state index contributed by atoms with van der Waals surface area (Å²) in [4.78, 5) is 29.7. The summed E-state index contributed by atoms with van der Waals surface area (Å²) in [6, 6.07) is 6.60. The molecule has 0 aliphatic heterocycles. The van der Waals surface area contributed by atoms with Gasteiger partial charge >= 0.3 is 0 Å². The summed E-state index contributed by atoms with van der Waals surface area (Å²) in [6.45, 7) is 1.66. The van der Waals surface area contributed by atoms with Gasteiger partial charge in [0.15, 0.2) is 5.16 Å². The van der Waals surface area contributed by atoms with Gasteiger partial charge in [-0.05, 0) is 31.2 Å². The molecule has 4 N–H and O–H groups in total. The maximum atomic E-state index is 12.8. The second-order valence-corrected chi connectivity index (χ2v) is 5.56. The summed E-state index contributed by atoms with van der Waals surface area (Å²) < 4.78 is 12.8. The summed E-state index contributed by atoms with van der Waals surface area (Å²) in [5.41, 5.74) is 5.58. The number of anilines is 2. The molecule has 0 fully saturated rings. The van der Waals surface area contributed by atoms with E-state index < -0.39 is 5.25 Å². The molecule has 0 spiro atoms. The van der Waals surface area contributed by atoms with E-state index in [9.17, 15) is 14.0 Å². The second-order valence-electron chi connectivity index (χ2n) is 4.23. The summed E-state index contributed by atoms with van der Waals surface area (Å²) in [5.74, 6) is -0.582. The number of nitrogens with two attached hydrogens (primary N) is 1. The number of thioether (sulfide) groups is 1.